The number of likely N-dealkylation sites (N-methyl/N-ethyl adjacent to an activating group) is 1. The summed E-state index contributed by atoms with van der Waals surface area (Å²) < 4.78 is 1.18. The summed E-state index contributed by atoms with van der Waals surface area (Å²) in [5, 5.41) is 3.57. The number of rotatable bonds is 3. The van der Waals surface area contributed by atoms with Gasteiger partial charge in [0.15, 0.2) is 0 Å². The zero-order valence-corrected chi connectivity index (χ0v) is 12.9. The van der Waals surface area contributed by atoms with Crippen molar-refractivity contribution in [1.82, 2.24) is 10.2 Å². The van der Waals surface area contributed by atoms with Gasteiger partial charge in [0.25, 0.3) is 0 Å². The predicted octanol–water partition coefficient (Wildman–Crippen LogP) is 2.18. The molecular formula is C14H22BrN3. The van der Waals surface area contributed by atoms with E-state index in [9.17, 15) is 0 Å². The molecule has 1 N–H and O–H groups in total. The Hall–Kier alpha value is -0.580. The smallest absolute Gasteiger partial charge is 0.0542 e. The fraction of sp³-hybridized carbons (Fsp3) is 0.571. The molecular weight excluding hydrogens is 290 g/mol. The maximum absolute atomic E-state index is 3.67. The Morgan fingerprint density at radius 3 is 2.78 bits per heavy atom. The average Bonchev–Trinajstić information content (AvgIpc) is 2.32. The molecule has 1 aromatic rings. The minimum absolute atomic E-state index is 0.523. The number of nitrogens with zero attached hydrogens (tertiary/aromatic N) is 2. The van der Waals surface area contributed by atoms with E-state index < -0.39 is 0 Å². The minimum Gasteiger partial charge on any atom is -0.364 e. The van der Waals surface area contributed by atoms with Gasteiger partial charge >= 0.3 is 0 Å². The summed E-state index contributed by atoms with van der Waals surface area (Å²) in [5.74, 6) is 0. The number of nitrogens with one attached hydrogen (secondary N) is 1. The standard InChI is InChI=1S/C14H22BrN3/c1-11-9-18(12(8-16-11)10-17(2)3)14-7-5-4-6-13(14)15/h4-7,11-12,16H,8-10H2,1-3H3. The number of benzene rings is 1. The Morgan fingerprint density at radius 1 is 1.39 bits per heavy atom. The fourth-order valence-electron chi connectivity index (χ4n) is 2.52. The first kappa shape index (κ1) is 13.8. The zero-order valence-electron chi connectivity index (χ0n) is 11.4. The van der Waals surface area contributed by atoms with Crippen molar-refractivity contribution < 1.29 is 0 Å². The third kappa shape index (κ3) is 3.25. The van der Waals surface area contributed by atoms with Crippen LogP contribution in [0.4, 0.5) is 5.69 Å². The van der Waals surface area contributed by atoms with Gasteiger partial charge in [0.05, 0.1) is 11.7 Å². The van der Waals surface area contributed by atoms with E-state index in [2.05, 4.69) is 76.3 Å². The van der Waals surface area contributed by atoms with E-state index in [4.69, 9.17) is 0 Å². The fourth-order valence-corrected chi connectivity index (χ4v) is 3.03. The topological polar surface area (TPSA) is 18.5 Å². The Kier molecular flexibility index (Phi) is 4.65. The van der Waals surface area contributed by atoms with Crippen molar-refractivity contribution in [1.29, 1.82) is 0 Å². The highest BCUT2D eigenvalue weighted by Crippen LogP contribution is 2.28. The van der Waals surface area contributed by atoms with Crippen LogP contribution in [0.2, 0.25) is 0 Å². The number of halogens is 1. The second-order valence-corrected chi connectivity index (χ2v) is 6.18. The van der Waals surface area contributed by atoms with E-state index >= 15 is 0 Å². The monoisotopic (exact) mass is 311 g/mol. The van der Waals surface area contributed by atoms with Crippen molar-refractivity contribution in [3.8, 4) is 0 Å². The van der Waals surface area contributed by atoms with Crippen LogP contribution >= 0.6 is 15.9 Å². The van der Waals surface area contributed by atoms with Crippen LogP contribution in [0.25, 0.3) is 0 Å². The van der Waals surface area contributed by atoms with E-state index in [0.29, 0.717) is 12.1 Å². The van der Waals surface area contributed by atoms with Crippen LogP contribution in [-0.4, -0.2) is 50.7 Å². The SMILES string of the molecule is CC1CN(c2ccccc2Br)C(CN(C)C)CN1. The van der Waals surface area contributed by atoms with Crippen molar-refractivity contribution in [2.24, 2.45) is 0 Å². The molecule has 4 heteroatoms. The second kappa shape index (κ2) is 6.04. The quantitative estimate of drug-likeness (QED) is 0.923. The van der Waals surface area contributed by atoms with Gasteiger partial charge in [-0.1, -0.05) is 12.1 Å². The van der Waals surface area contributed by atoms with Crippen LogP contribution in [0.15, 0.2) is 28.7 Å². The first-order valence-corrected chi connectivity index (χ1v) is 7.26. The van der Waals surface area contributed by atoms with Crippen molar-refractivity contribution in [2.45, 2.75) is 19.0 Å². The molecule has 0 amide bonds. The molecule has 1 fully saturated rings. The molecule has 1 aliphatic heterocycles. The molecule has 100 valence electrons. The molecule has 1 aliphatic rings. The number of hydrogen-bond donors (Lipinski definition) is 1. The summed E-state index contributed by atoms with van der Waals surface area (Å²) in [7, 11) is 4.27. The van der Waals surface area contributed by atoms with Gasteiger partial charge in [0, 0.05) is 30.1 Å². The molecule has 0 aliphatic carbocycles. The number of anilines is 1. The lowest BCUT2D eigenvalue weighted by Crippen LogP contribution is -2.58. The van der Waals surface area contributed by atoms with Gasteiger partial charge in [0.1, 0.15) is 0 Å². The summed E-state index contributed by atoms with van der Waals surface area (Å²) in [6.45, 7) is 5.42. The van der Waals surface area contributed by atoms with Gasteiger partial charge < -0.3 is 15.1 Å². The molecule has 1 heterocycles. The summed E-state index contributed by atoms with van der Waals surface area (Å²) in [5.41, 5.74) is 1.30. The van der Waals surface area contributed by atoms with Crippen molar-refractivity contribution >= 4 is 21.6 Å². The third-order valence-corrected chi connectivity index (χ3v) is 4.02. The summed E-state index contributed by atoms with van der Waals surface area (Å²) in [4.78, 5) is 4.78. The molecule has 0 radical (unpaired) electrons. The highest BCUT2D eigenvalue weighted by molar-refractivity contribution is 9.10. The van der Waals surface area contributed by atoms with Gasteiger partial charge in [0.2, 0.25) is 0 Å². The lowest BCUT2D eigenvalue weighted by atomic mass is 10.1. The Balaban J connectivity index is 2.22. The third-order valence-electron chi connectivity index (χ3n) is 3.35. The molecule has 2 rings (SSSR count). The van der Waals surface area contributed by atoms with Gasteiger partial charge in [-0.15, -0.1) is 0 Å². The molecule has 0 saturated carbocycles. The van der Waals surface area contributed by atoms with Crippen LogP contribution < -0.4 is 10.2 Å². The molecule has 1 aromatic carbocycles. The summed E-state index contributed by atoms with van der Waals surface area (Å²) >= 11 is 3.67. The molecule has 18 heavy (non-hydrogen) atoms. The first-order valence-electron chi connectivity index (χ1n) is 6.47. The van der Waals surface area contributed by atoms with Crippen molar-refractivity contribution in [3.05, 3.63) is 28.7 Å². The van der Waals surface area contributed by atoms with Crippen LogP contribution in [0.1, 0.15) is 6.92 Å². The molecule has 2 atom stereocenters. The van der Waals surface area contributed by atoms with Crippen molar-refractivity contribution in [2.75, 3.05) is 38.6 Å². The Morgan fingerprint density at radius 2 is 2.11 bits per heavy atom. The van der Waals surface area contributed by atoms with E-state index in [0.717, 1.165) is 19.6 Å². The lowest BCUT2D eigenvalue weighted by Gasteiger charge is -2.42. The molecule has 0 bridgehead atoms. The number of para-hydroxylation sites is 1. The van der Waals surface area contributed by atoms with Crippen LogP contribution in [0.5, 0.6) is 0 Å². The molecule has 0 spiro atoms. The Bertz CT molecular complexity index is 394. The number of hydrogen-bond acceptors (Lipinski definition) is 3. The van der Waals surface area contributed by atoms with Crippen LogP contribution in [0, 0.1) is 0 Å². The van der Waals surface area contributed by atoms with Crippen LogP contribution in [0.3, 0.4) is 0 Å². The highest BCUT2D eigenvalue weighted by atomic mass is 79.9. The Labute approximate surface area is 118 Å². The normalized spacial score (nSPS) is 24.6. The van der Waals surface area contributed by atoms with E-state index in [1.54, 1.807) is 0 Å². The summed E-state index contributed by atoms with van der Waals surface area (Å²) in [6, 6.07) is 9.56. The number of piperazine rings is 1. The molecule has 1 saturated heterocycles. The molecule has 2 unspecified atom stereocenters. The van der Waals surface area contributed by atoms with Gasteiger partial charge in [-0.05, 0) is 49.1 Å². The zero-order chi connectivity index (χ0) is 13.1. The largest absolute Gasteiger partial charge is 0.364 e. The first-order chi connectivity index (χ1) is 8.58. The van der Waals surface area contributed by atoms with Gasteiger partial charge in [-0.2, -0.15) is 0 Å². The highest BCUT2D eigenvalue weighted by Gasteiger charge is 2.27. The van der Waals surface area contributed by atoms with Crippen molar-refractivity contribution in [3.63, 3.8) is 0 Å². The molecule has 0 aromatic heterocycles. The minimum atomic E-state index is 0.523. The lowest BCUT2D eigenvalue weighted by molar-refractivity contribution is 0.316. The van der Waals surface area contributed by atoms with E-state index in [-0.39, 0.29) is 0 Å². The summed E-state index contributed by atoms with van der Waals surface area (Å²) in [6.07, 6.45) is 0. The van der Waals surface area contributed by atoms with Crippen LogP contribution in [-0.2, 0) is 0 Å². The van der Waals surface area contributed by atoms with E-state index in [1.807, 2.05) is 0 Å². The average molecular weight is 312 g/mol. The maximum Gasteiger partial charge on any atom is 0.0542 e. The van der Waals surface area contributed by atoms with E-state index in [1.165, 1.54) is 10.2 Å². The van der Waals surface area contributed by atoms with Gasteiger partial charge in [-0.3, -0.25) is 0 Å². The molecule has 3 nitrogen and oxygen atoms in total. The maximum atomic E-state index is 3.67. The second-order valence-electron chi connectivity index (χ2n) is 5.33. The predicted molar refractivity (Wildman–Crippen MR) is 81.3 cm³/mol. The van der Waals surface area contributed by atoms with Gasteiger partial charge in [-0.25, -0.2) is 0 Å².